The molecule has 1 fully saturated rings. The number of hydrogen-bond acceptors (Lipinski definition) is 4. The fourth-order valence-electron chi connectivity index (χ4n) is 3.44. The molecule has 4 heterocycles. The Morgan fingerprint density at radius 3 is 2.68 bits per heavy atom. The van der Waals surface area contributed by atoms with Gasteiger partial charge in [0.15, 0.2) is 0 Å². The first-order valence-electron chi connectivity index (χ1n) is 8.45. The Balaban J connectivity index is 1.44. The number of amides is 1. The van der Waals surface area contributed by atoms with Crippen LogP contribution in [0.4, 0.5) is 0 Å². The number of nitrogens with zero attached hydrogens (tertiary/aromatic N) is 4. The smallest absolute Gasteiger partial charge is 0.255 e. The van der Waals surface area contributed by atoms with E-state index >= 15 is 0 Å². The van der Waals surface area contributed by atoms with Gasteiger partial charge in [-0.25, -0.2) is 0 Å². The van der Waals surface area contributed by atoms with Crippen LogP contribution in [-0.2, 0) is 6.54 Å². The normalized spacial score (nSPS) is 16.9. The van der Waals surface area contributed by atoms with Gasteiger partial charge in [-0.3, -0.25) is 14.8 Å². The van der Waals surface area contributed by atoms with Gasteiger partial charge >= 0.3 is 0 Å². The van der Waals surface area contributed by atoms with E-state index in [-0.39, 0.29) is 5.91 Å². The number of piperidine rings is 1. The van der Waals surface area contributed by atoms with Crippen LogP contribution >= 0.6 is 0 Å². The molecule has 1 aliphatic rings. The van der Waals surface area contributed by atoms with E-state index < -0.39 is 5.60 Å². The van der Waals surface area contributed by atoms with Crippen LogP contribution in [0.1, 0.15) is 23.2 Å². The van der Waals surface area contributed by atoms with Crippen molar-refractivity contribution in [2.45, 2.75) is 25.0 Å². The van der Waals surface area contributed by atoms with Gasteiger partial charge in [-0.05, 0) is 37.1 Å². The molecule has 1 N–H and O–H groups in total. The van der Waals surface area contributed by atoms with Crippen LogP contribution in [0.3, 0.4) is 0 Å². The predicted molar refractivity (Wildman–Crippen MR) is 94.1 cm³/mol. The number of carbonyl (C=O) groups is 1. The molecule has 0 radical (unpaired) electrons. The van der Waals surface area contributed by atoms with E-state index in [1.54, 1.807) is 35.6 Å². The quantitative estimate of drug-likeness (QED) is 0.795. The summed E-state index contributed by atoms with van der Waals surface area (Å²) in [6.07, 6.45) is 9.92. The standard InChI is InChI=1S/C19H20N4O2/c24-18(16-2-1-7-20-12-16)22-10-5-19(25,6-11-22)14-23-9-4-15-3-8-21-13-17(15)23/h1-4,7-9,12-13,25H,5-6,10-11,14H2. The lowest BCUT2D eigenvalue weighted by Crippen LogP contribution is -2.48. The number of carbonyl (C=O) groups excluding carboxylic acids is 1. The molecule has 0 saturated carbocycles. The largest absolute Gasteiger partial charge is 0.388 e. The lowest BCUT2D eigenvalue weighted by molar-refractivity contribution is -0.0284. The Bertz CT molecular complexity index is 883. The first kappa shape index (κ1) is 15.8. The van der Waals surface area contributed by atoms with Crippen molar-refractivity contribution < 1.29 is 9.90 Å². The lowest BCUT2D eigenvalue weighted by atomic mass is 9.91. The zero-order valence-electron chi connectivity index (χ0n) is 13.9. The van der Waals surface area contributed by atoms with Crippen molar-refractivity contribution in [1.82, 2.24) is 19.4 Å². The van der Waals surface area contributed by atoms with Crippen molar-refractivity contribution in [2.24, 2.45) is 0 Å². The van der Waals surface area contributed by atoms with Crippen LogP contribution in [0.5, 0.6) is 0 Å². The van der Waals surface area contributed by atoms with Crippen molar-refractivity contribution in [1.29, 1.82) is 0 Å². The van der Waals surface area contributed by atoms with Crippen molar-refractivity contribution in [3.63, 3.8) is 0 Å². The number of fused-ring (bicyclic) bond motifs is 1. The van der Waals surface area contributed by atoms with E-state index in [1.807, 2.05) is 29.1 Å². The average Bonchev–Trinajstić information content (AvgIpc) is 3.05. The average molecular weight is 336 g/mol. The van der Waals surface area contributed by atoms with Gasteiger partial charge in [0.05, 0.1) is 29.4 Å². The van der Waals surface area contributed by atoms with Crippen LogP contribution in [0, 0.1) is 0 Å². The fraction of sp³-hybridized carbons (Fsp3) is 0.316. The minimum absolute atomic E-state index is 0.0224. The number of hydrogen-bond donors (Lipinski definition) is 1. The lowest BCUT2D eigenvalue weighted by Gasteiger charge is -2.38. The third kappa shape index (κ3) is 3.13. The van der Waals surface area contributed by atoms with E-state index in [0.717, 1.165) is 10.9 Å². The molecule has 1 saturated heterocycles. The first-order chi connectivity index (χ1) is 12.1. The second kappa shape index (κ2) is 6.29. The number of pyridine rings is 2. The third-order valence-corrected chi connectivity index (χ3v) is 4.93. The van der Waals surface area contributed by atoms with Gasteiger partial charge in [0.1, 0.15) is 0 Å². The van der Waals surface area contributed by atoms with Crippen LogP contribution in [0.25, 0.3) is 10.9 Å². The van der Waals surface area contributed by atoms with Gasteiger partial charge in [0.25, 0.3) is 5.91 Å². The number of aromatic nitrogens is 3. The Kier molecular flexibility index (Phi) is 3.97. The summed E-state index contributed by atoms with van der Waals surface area (Å²) >= 11 is 0. The Labute approximate surface area is 145 Å². The minimum Gasteiger partial charge on any atom is -0.388 e. The molecule has 0 spiro atoms. The third-order valence-electron chi connectivity index (χ3n) is 4.93. The molecule has 4 rings (SSSR count). The molecule has 0 bridgehead atoms. The van der Waals surface area contributed by atoms with Crippen molar-refractivity contribution in [3.05, 3.63) is 60.8 Å². The molecule has 0 atom stereocenters. The molecule has 3 aromatic rings. The number of aliphatic hydroxyl groups is 1. The van der Waals surface area contributed by atoms with Crippen molar-refractivity contribution >= 4 is 16.8 Å². The zero-order valence-corrected chi connectivity index (χ0v) is 13.9. The van der Waals surface area contributed by atoms with Crippen LogP contribution in [0.15, 0.2) is 55.2 Å². The molecule has 0 unspecified atom stereocenters. The fourth-order valence-corrected chi connectivity index (χ4v) is 3.44. The molecule has 0 aliphatic carbocycles. The summed E-state index contributed by atoms with van der Waals surface area (Å²) in [6, 6.07) is 7.53. The summed E-state index contributed by atoms with van der Waals surface area (Å²) in [6.45, 7) is 1.60. The summed E-state index contributed by atoms with van der Waals surface area (Å²) in [7, 11) is 0. The van der Waals surface area contributed by atoms with Gasteiger partial charge in [-0.1, -0.05) is 0 Å². The highest BCUT2D eigenvalue weighted by atomic mass is 16.3. The predicted octanol–water partition coefficient (Wildman–Crippen LogP) is 2.10. The van der Waals surface area contributed by atoms with Crippen LogP contribution in [-0.4, -0.2) is 49.1 Å². The molecular weight excluding hydrogens is 316 g/mol. The van der Waals surface area contributed by atoms with E-state index in [1.165, 1.54) is 0 Å². The molecule has 6 heteroatoms. The monoisotopic (exact) mass is 336 g/mol. The summed E-state index contributed by atoms with van der Waals surface area (Å²) in [5.74, 6) is -0.0224. The van der Waals surface area contributed by atoms with E-state index in [2.05, 4.69) is 9.97 Å². The maximum atomic E-state index is 12.5. The maximum absolute atomic E-state index is 12.5. The van der Waals surface area contributed by atoms with Gasteiger partial charge < -0.3 is 14.6 Å². The second-order valence-electron chi connectivity index (χ2n) is 6.64. The zero-order chi connectivity index (χ0) is 17.3. The first-order valence-corrected chi connectivity index (χ1v) is 8.45. The molecule has 1 aliphatic heterocycles. The second-order valence-corrected chi connectivity index (χ2v) is 6.64. The molecule has 1 amide bonds. The summed E-state index contributed by atoms with van der Waals surface area (Å²) in [5.41, 5.74) is 0.799. The Morgan fingerprint density at radius 2 is 1.92 bits per heavy atom. The summed E-state index contributed by atoms with van der Waals surface area (Å²) in [5, 5.41) is 12.1. The molecule has 3 aromatic heterocycles. The van der Waals surface area contributed by atoms with Gasteiger partial charge in [-0.2, -0.15) is 0 Å². The van der Waals surface area contributed by atoms with Gasteiger partial charge in [0.2, 0.25) is 0 Å². The molecular formula is C19H20N4O2. The van der Waals surface area contributed by atoms with Crippen molar-refractivity contribution in [2.75, 3.05) is 13.1 Å². The molecule has 25 heavy (non-hydrogen) atoms. The van der Waals surface area contributed by atoms with Gasteiger partial charge in [-0.15, -0.1) is 0 Å². The van der Waals surface area contributed by atoms with E-state index in [4.69, 9.17) is 0 Å². The van der Waals surface area contributed by atoms with E-state index in [0.29, 0.717) is 38.0 Å². The topological polar surface area (TPSA) is 71.2 Å². The van der Waals surface area contributed by atoms with Crippen molar-refractivity contribution in [3.8, 4) is 0 Å². The maximum Gasteiger partial charge on any atom is 0.255 e. The SMILES string of the molecule is O=C(c1cccnc1)N1CCC(O)(Cn2ccc3ccncc32)CC1. The Morgan fingerprint density at radius 1 is 1.12 bits per heavy atom. The highest BCUT2D eigenvalue weighted by Crippen LogP contribution is 2.27. The molecule has 6 nitrogen and oxygen atoms in total. The van der Waals surface area contributed by atoms with Crippen LogP contribution < -0.4 is 0 Å². The van der Waals surface area contributed by atoms with Gasteiger partial charge in [0, 0.05) is 43.3 Å². The number of likely N-dealkylation sites (tertiary alicyclic amines) is 1. The highest BCUT2D eigenvalue weighted by Gasteiger charge is 2.34. The summed E-state index contributed by atoms with van der Waals surface area (Å²) < 4.78 is 2.04. The number of rotatable bonds is 3. The summed E-state index contributed by atoms with van der Waals surface area (Å²) in [4.78, 5) is 22.5. The van der Waals surface area contributed by atoms with E-state index in [9.17, 15) is 9.90 Å². The Hall–Kier alpha value is -2.73. The minimum atomic E-state index is -0.812. The molecule has 128 valence electrons. The van der Waals surface area contributed by atoms with Crippen LogP contribution in [0.2, 0.25) is 0 Å². The molecule has 0 aromatic carbocycles. The highest BCUT2D eigenvalue weighted by molar-refractivity contribution is 5.93.